The van der Waals surface area contributed by atoms with Crippen LogP contribution in [0.4, 0.5) is 11.4 Å². The highest BCUT2D eigenvalue weighted by Gasteiger charge is 2.39. The quantitative estimate of drug-likeness (QED) is 0.520. The predicted molar refractivity (Wildman–Crippen MR) is 125 cm³/mol. The molecule has 3 atom stereocenters. The Bertz CT molecular complexity index is 1140. The van der Waals surface area contributed by atoms with Gasteiger partial charge in [-0.3, -0.25) is 4.79 Å². The Balaban J connectivity index is 1.59. The number of benzene rings is 3. The Morgan fingerprint density at radius 2 is 1.58 bits per heavy atom. The molecule has 0 saturated carbocycles. The third-order valence-electron chi connectivity index (χ3n) is 6.11. The summed E-state index contributed by atoms with van der Waals surface area (Å²) in [5, 5.41) is 7.87. The number of hydrogen-bond donors (Lipinski definition) is 2. The number of fused-ring (bicyclic) bond motifs is 2. The van der Waals surface area contributed by atoms with Gasteiger partial charge in [0, 0.05) is 23.1 Å². The van der Waals surface area contributed by atoms with Crippen LogP contribution in [0.3, 0.4) is 0 Å². The van der Waals surface area contributed by atoms with E-state index >= 15 is 0 Å². The van der Waals surface area contributed by atoms with Crippen molar-refractivity contribution in [2.75, 3.05) is 17.7 Å². The summed E-state index contributed by atoms with van der Waals surface area (Å²) in [6, 6.07) is 23.6. The molecule has 3 aromatic rings. The molecule has 1 aliphatic heterocycles. The van der Waals surface area contributed by atoms with Crippen LogP contribution in [-0.2, 0) is 4.79 Å². The number of ketones is 1. The van der Waals surface area contributed by atoms with Crippen LogP contribution in [0.15, 0.2) is 84.6 Å². The first kappa shape index (κ1) is 19.7. The summed E-state index contributed by atoms with van der Waals surface area (Å²) in [5.41, 5.74) is 5.04. The third-order valence-corrected chi connectivity index (χ3v) is 6.36. The molecule has 0 aromatic heterocycles. The largest absolute Gasteiger partial charge is 0.497 e. The van der Waals surface area contributed by atoms with Gasteiger partial charge in [-0.25, -0.2) is 0 Å². The third kappa shape index (κ3) is 3.79. The molecule has 31 heavy (non-hydrogen) atoms. The summed E-state index contributed by atoms with van der Waals surface area (Å²) in [5.74, 6) is 0.727. The number of nitrogens with one attached hydrogen (secondary N) is 2. The van der Waals surface area contributed by atoms with Crippen LogP contribution in [-0.4, -0.2) is 12.9 Å². The normalized spacial score (nSPS) is 22.2. The van der Waals surface area contributed by atoms with E-state index in [1.165, 1.54) is 0 Å². The lowest BCUT2D eigenvalue weighted by molar-refractivity contribution is -0.122. The minimum Gasteiger partial charge on any atom is -0.497 e. The van der Waals surface area contributed by atoms with Gasteiger partial charge < -0.3 is 15.4 Å². The lowest BCUT2D eigenvalue weighted by Crippen LogP contribution is -2.33. The molecule has 1 aliphatic carbocycles. The van der Waals surface area contributed by atoms with E-state index in [9.17, 15) is 4.79 Å². The van der Waals surface area contributed by atoms with Gasteiger partial charge in [-0.2, -0.15) is 0 Å². The topological polar surface area (TPSA) is 50.4 Å². The molecule has 0 amide bonds. The van der Waals surface area contributed by atoms with E-state index in [1.54, 1.807) is 7.11 Å². The number of para-hydroxylation sites is 2. The van der Waals surface area contributed by atoms with Crippen LogP contribution in [0.5, 0.6) is 5.75 Å². The van der Waals surface area contributed by atoms with Gasteiger partial charge in [-0.15, -0.1) is 0 Å². The highest BCUT2D eigenvalue weighted by Crippen LogP contribution is 2.44. The van der Waals surface area contributed by atoms with Crippen LogP contribution in [0.25, 0.3) is 0 Å². The Morgan fingerprint density at radius 1 is 0.903 bits per heavy atom. The maximum Gasteiger partial charge on any atom is 0.145 e. The number of ether oxygens (including phenoxy) is 1. The molecule has 2 N–H and O–H groups in total. The second kappa shape index (κ2) is 8.12. The van der Waals surface area contributed by atoms with E-state index in [0.717, 1.165) is 33.9 Å². The molecule has 1 heterocycles. The Kier molecular flexibility index (Phi) is 5.16. The predicted octanol–water partition coefficient (Wildman–Crippen LogP) is 6.18. The van der Waals surface area contributed by atoms with Crippen molar-refractivity contribution >= 4 is 28.8 Å². The van der Waals surface area contributed by atoms with Crippen molar-refractivity contribution in [2.45, 2.75) is 18.4 Å². The van der Waals surface area contributed by atoms with Gasteiger partial charge in [-0.05, 0) is 47.5 Å². The first-order chi connectivity index (χ1) is 15.1. The molecule has 4 nitrogen and oxygen atoms in total. The van der Waals surface area contributed by atoms with Crippen molar-refractivity contribution in [1.29, 1.82) is 0 Å². The van der Waals surface area contributed by atoms with Gasteiger partial charge in [0.2, 0.25) is 0 Å². The van der Waals surface area contributed by atoms with Gasteiger partial charge in [0.15, 0.2) is 0 Å². The minimum atomic E-state index is -0.302. The van der Waals surface area contributed by atoms with Crippen molar-refractivity contribution in [3.63, 3.8) is 0 Å². The van der Waals surface area contributed by atoms with Gasteiger partial charge in [0.05, 0.1) is 30.4 Å². The zero-order valence-corrected chi connectivity index (χ0v) is 17.9. The van der Waals surface area contributed by atoms with Gasteiger partial charge >= 0.3 is 0 Å². The molecule has 0 bridgehead atoms. The Morgan fingerprint density at radius 3 is 2.29 bits per heavy atom. The summed E-state index contributed by atoms with van der Waals surface area (Å²) in [7, 11) is 1.65. The van der Waals surface area contributed by atoms with Gasteiger partial charge in [0.1, 0.15) is 11.5 Å². The van der Waals surface area contributed by atoms with Crippen LogP contribution in [0, 0.1) is 5.92 Å². The van der Waals surface area contributed by atoms with Crippen molar-refractivity contribution < 1.29 is 9.53 Å². The zero-order chi connectivity index (χ0) is 21.4. The number of methoxy groups -OCH3 is 1. The van der Waals surface area contributed by atoms with E-state index in [-0.39, 0.29) is 23.7 Å². The van der Waals surface area contributed by atoms with Crippen LogP contribution >= 0.6 is 11.6 Å². The SMILES string of the molecule is COc1ccc(C2Nc3ccccc3NC3=CC(c4ccc(Cl)cc4)CC(=O)C32)cc1. The number of rotatable bonds is 3. The molecule has 5 rings (SSSR count). The fourth-order valence-electron chi connectivity index (χ4n) is 4.52. The lowest BCUT2D eigenvalue weighted by atomic mass is 9.76. The van der Waals surface area contributed by atoms with Crippen LogP contribution in [0.1, 0.15) is 29.5 Å². The van der Waals surface area contributed by atoms with Gasteiger partial charge in [-0.1, -0.05) is 54.1 Å². The van der Waals surface area contributed by atoms with E-state index in [4.69, 9.17) is 16.3 Å². The molecule has 5 heteroatoms. The zero-order valence-electron chi connectivity index (χ0n) is 17.1. The Labute approximate surface area is 186 Å². The fraction of sp³-hybridized carbons (Fsp3) is 0.192. The fourth-order valence-corrected chi connectivity index (χ4v) is 4.64. The van der Waals surface area contributed by atoms with Crippen LogP contribution < -0.4 is 15.4 Å². The van der Waals surface area contributed by atoms with E-state index in [2.05, 4.69) is 16.7 Å². The average molecular weight is 431 g/mol. The first-order valence-electron chi connectivity index (χ1n) is 10.4. The Hall–Kier alpha value is -3.24. The second-order valence-corrected chi connectivity index (χ2v) is 8.43. The highest BCUT2D eigenvalue weighted by atomic mass is 35.5. The number of hydrogen-bond acceptors (Lipinski definition) is 4. The number of carbonyl (C=O) groups is 1. The van der Waals surface area contributed by atoms with Crippen molar-refractivity contribution in [1.82, 2.24) is 0 Å². The smallest absolute Gasteiger partial charge is 0.145 e. The molecule has 156 valence electrons. The summed E-state index contributed by atoms with van der Waals surface area (Å²) < 4.78 is 5.32. The van der Waals surface area contributed by atoms with E-state index in [1.807, 2.05) is 72.8 Å². The molecule has 3 unspecified atom stereocenters. The number of halogens is 1. The summed E-state index contributed by atoms with van der Waals surface area (Å²) >= 11 is 6.06. The summed E-state index contributed by atoms with van der Waals surface area (Å²) in [6.07, 6.45) is 2.66. The average Bonchev–Trinajstić information content (AvgIpc) is 2.96. The molecule has 0 radical (unpaired) electrons. The molecular weight excluding hydrogens is 408 g/mol. The van der Waals surface area contributed by atoms with Crippen molar-refractivity contribution in [3.8, 4) is 5.75 Å². The van der Waals surface area contributed by atoms with Gasteiger partial charge in [0.25, 0.3) is 0 Å². The standard InChI is InChI=1S/C26H23ClN2O2/c1-31-20-12-8-17(9-13-20)26-25-23(28-21-4-2-3-5-22(21)29-26)14-18(15-24(25)30)16-6-10-19(27)11-7-16/h2-14,18,25-26,28-29H,15H2,1H3. The van der Waals surface area contributed by atoms with Crippen molar-refractivity contribution in [3.05, 3.63) is 101 Å². The second-order valence-electron chi connectivity index (χ2n) is 7.99. The molecular formula is C26H23ClN2O2. The maximum absolute atomic E-state index is 13.5. The molecule has 2 aliphatic rings. The molecule has 0 saturated heterocycles. The molecule has 0 fully saturated rings. The summed E-state index contributed by atoms with van der Waals surface area (Å²) in [4.78, 5) is 13.5. The molecule has 3 aromatic carbocycles. The maximum atomic E-state index is 13.5. The number of anilines is 2. The number of Topliss-reactive ketones (excluding diaryl/α,β-unsaturated/α-hetero) is 1. The highest BCUT2D eigenvalue weighted by molar-refractivity contribution is 6.30. The number of carbonyl (C=O) groups excluding carboxylic acids is 1. The van der Waals surface area contributed by atoms with Crippen LogP contribution in [0.2, 0.25) is 5.02 Å². The minimum absolute atomic E-state index is 0.0188. The van der Waals surface area contributed by atoms with E-state index in [0.29, 0.717) is 11.4 Å². The van der Waals surface area contributed by atoms with E-state index < -0.39 is 0 Å². The summed E-state index contributed by atoms with van der Waals surface area (Å²) in [6.45, 7) is 0. The monoisotopic (exact) mass is 430 g/mol. The number of allylic oxidation sites excluding steroid dienone is 1. The van der Waals surface area contributed by atoms with Crippen molar-refractivity contribution in [2.24, 2.45) is 5.92 Å². The lowest BCUT2D eigenvalue weighted by Gasteiger charge is -2.32. The first-order valence-corrected chi connectivity index (χ1v) is 10.8. The molecule has 0 spiro atoms.